The summed E-state index contributed by atoms with van der Waals surface area (Å²) in [5, 5.41) is 19.6. The topological polar surface area (TPSA) is 158 Å². The lowest BCUT2D eigenvalue weighted by Crippen LogP contribution is -2.08. The number of carbonyl (C=O) groups is 2. The van der Waals surface area contributed by atoms with Gasteiger partial charge in [-0.05, 0) is 187 Å². The molecule has 2 N–H and O–H groups in total. The van der Waals surface area contributed by atoms with Crippen LogP contribution in [0.5, 0.6) is 46.0 Å². The van der Waals surface area contributed by atoms with Crippen LogP contribution in [0.4, 0.5) is 0 Å². The molecule has 468 valence electrons. The Hall–Kier alpha value is -8.16. The Morgan fingerprint density at radius 2 is 0.614 bits per heavy atom. The molecule has 0 saturated carbocycles. The first-order chi connectivity index (χ1) is 43.0. The molecule has 0 amide bonds. The highest BCUT2D eigenvalue weighted by Crippen LogP contribution is 2.44. The van der Waals surface area contributed by atoms with Crippen molar-refractivity contribution in [3.63, 3.8) is 0 Å². The van der Waals surface area contributed by atoms with Crippen LogP contribution in [0.3, 0.4) is 0 Å². The van der Waals surface area contributed by atoms with E-state index in [1.807, 2.05) is 79.7 Å². The summed E-state index contributed by atoms with van der Waals surface area (Å²) < 4.78 is 58.4. The fourth-order valence-electron chi connectivity index (χ4n) is 11.7. The van der Waals surface area contributed by atoms with Gasteiger partial charge in [0.1, 0.15) is 46.0 Å². The molecule has 7 aromatic carbocycles. The first kappa shape index (κ1) is 65.8. The number of benzene rings is 7. The molecule has 0 fully saturated rings. The summed E-state index contributed by atoms with van der Waals surface area (Å²) >= 11 is 0. The number of hydrogen-bond donors (Lipinski definition) is 2. The third-order valence-corrected chi connectivity index (χ3v) is 15.7. The smallest absolute Gasteiger partial charge is 0.338 e. The van der Waals surface area contributed by atoms with Gasteiger partial charge in [-0.25, -0.2) is 9.59 Å². The van der Waals surface area contributed by atoms with Crippen molar-refractivity contribution < 1.29 is 62.4 Å². The van der Waals surface area contributed by atoms with Crippen molar-refractivity contribution >= 4 is 11.9 Å². The van der Waals surface area contributed by atoms with E-state index in [1.54, 1.807) is 24.3 Å². The van der Waals surface area contributed by atoms with Crippen molar-refractivity contribution in [2.45, 2.75) is 139 Å². The van der Waals surface area contributed by atoms with Crippen LogP contribution in [0.1, 0.15) is 183 Å². The molecule has 88 heavy (non-hydrogen) atoms. The van der Waals surface area contributed by atoms with E-state index < -0.39 is 11.9 Å². The van der Waals surface area contributed by atoms with E-state index in [2.05, 4.69) is 60.7 Å². The molecule has 0 aromatic heterocycles. The Balaban J connectivity index is 1.38. The molecule has 0 saturated heterocycles. The number of ether oxygens (including phenoxy) is 9. The maximum Gasteiger partial charge on any atom is 0.338 e. The fraction of sp³-hybridized carbons (Fsp3) is 0.413. The minimum absolute atomic E-state index is 0.154. The van der Waals surface area contributed by atoms with Gasteiger partial charge in [-0.2, -0.15) is 0 Å². The number of aliphatic hydroxyl groups excluding tert-OH is 1. The SMILES string of the molecule is CCOc1cc2c(OCC)cc1Cc1cc(OCC)c(cc1OCC)Cc1cc(OCC)c(cc1OCC)Cc1cc(-c3cccc(C(=O)O)c3)c(cc1-c1cccc(C(=O)OCCCCCCCCCCO)c1)Cc1cc(OCC)c(cc1OCC)C2. The lowest BCUT2D eigenvalue weighted by atomic mass is 9.85. The minimum Gasteiger partial charge on any atom is -0.494 e. The Bertz CT molecular complexity index is 3450. The number of esters is 1. The molecule has 0 unspecified atom stereocenters. The van der Waals surface area contributed by atoms with Crippen LogP contribution in [-0.2, 0) is 36.8 Å². The molecule has 7 aromatic rings. The largest absolute Gasteiger partial charge is 0.494 e. The molecule has 0 radical (unpaired) electrons. The lowest BCUT2D eigenvalue weighted by Gasteiger charge is -2.22. The first-order valence-corrected chi connectivity index (χ1v) is 32.0. The summed E-state index contributed by atoms with van der Waals surface area (Å²) in [5.41, 5.74) is 12.8. The quantitative estimate of drug-likeness (QED) is 0.0324. The van der Waals surface area contributed by atoms with Gasteiger partial charge in [0.2, 0.25) is 0 Å². The van der Waals surface area contributed by atoms with Crippen molar-refractivity contribution in [2.75, 3.05) is 66.1 Å². The normalized spacial score (nSPS) is 12.0. The van der Waals surface area contributed by atoms with Gasteiger partial charge in [-0.15, -0.1) is 0 Å². The van der Waals surface area contributed by atoms with Gasteiger partial charge in [0.15, 0.2) is 0 Å². The van der Waals surface area contributed by atoms with E-state index in [1.165, 1.54) is 0 Å². The van der Waals surface area contributed by atoms with E-state index in [-0.39, 0.29) is 12.2 Å². The average molecular weight is 1200 g/mol. The van der Waals surface area contributed by atoms with Gasteiger partial charge < -0.3 is 52.8 Å². The summed E-state index contributed by atoms with van der Waals surface area (Å²) in [6.07, 6.45) is 10.1. The summed E-state index contributed by atoms with van der Waals surface area (Å²) in [5.74, 6) is 4.19. The van der Waals surface area contributed by atoms with Crippen LogP contribution in [0, 0.1) is 0 Å². The Kier molecular flexibility index (Phi) is 24.9. The monoisotopic (exact) mass is 1200 g/mol. The zero-order valence-corrected chi connectivity index (χ0v) is 53.0. The number of carboxylic acid groups (broad SMARTS) is 1. The Morgan fingerprint density at radius 1 is 0.341 bits per heavy atom. The van der Waals surface area contributed by atoms with Gasteiger partial charge in [0.25, 0.3) is 0 Å². The Labute approximate surface area is 521 Å². The molecule has 0 aliphatic heterocycles. The second-order valence-corrected chi connectivity index (χ2v) is 21.9. The molecule has 10 aliphatic rings. The number of hydrogen-bond acceptors (Lipinski definition) is 12. The van der Waals surface area contributed by atoms with E-state index in [0.29, 0.717) is 126 Å². The van der Waals surface area contributed by atoms with Gasteiger partial charge in [0, 0.05) is 83.2 Å². The molecule has 0 atom stereocenters. The van der Waals surface area contributed by atoms with Crippen LogP contribution in [0.2, 0.25) is 0 Å². The predicted octanol–water partition coefficient (Wildman–Crippen LogP) is 16.4. The predicted molar refractivity (Wildman–Crippen MR) is 348 cm³/mol. The third kappa shape index (κ3) is 17.1. The van der Waals surface area contributed by atoms with E-state index in [4.69, 9.17) is 47.7 Å². The Morgan fingerprint density at radius 3 is 0.909 bits per heavy atom. The van der Waals surface area contributed by atoms with Crippen LogP contribution in [-0.4, -0.2) is 88.2 Å². The zero-order chi connectivity index (χ0) is 62.4. The molecule has 0 spiro atoms. The highest BCUT2D eigenvalue weighted by Gasteiger charge is 2.25. The van der Waals surface area contributed by atoms with Crippen molar-refractivity contribution in [2.24, 2.45) is 0 Å². The van der Waals surface area contributed by atoms with Crippen molar-refractivity contribution in [3.05, 3.63) is 176 Å². The van der Waals surface area contributed by atoms with Crippen LogP contribution in [0.15, 0.2) is 109 Å². The van der Waals surface area contributed by atoms with E-state index in [0.717, 1.165) is 147 Å². The molecule has 10 aliphatic carbocycles. The summed E-state index contributed by atoms with van der Waals surface area (Å²) in [4.78, 5) is 26.8. The van der Waals surface area contributed by atoms with Gasteiger partial charge in [-0.1, -0.05) is 62.8 Å². The molecule has 13 nitrogen and oxygen atoms in total. The van der Waals surface area contributed by atoms with Gasteiger partial charge in [0.05, 0.1) is 70.6 Å². The van der Waals surface area contributed by atoms with E-state index in [9.17, 15) is 14.7 Å². The number of unbranched alkanes of at least 4 members (excludes halogenated alkanes) is 7. The van der Waals surface area contributed by atoms with Crippen LogP contribution >= 0.6 is 0 Å². The van der Waals surface area contributed by atoms with E-state index >= 15 is 0 Å². The highest BCUT2D eigenvalue weighted by atomic mass is 16.5. The zero-order valence-electron chi connectivity index (χ0n) is 53.0. The third-order valence-electron chi connectivity index (χ3n) is 15.7. The van der Waals surface area contributed by atoms with Gasteiger partial charge >= 0.3 is 11.9 Å². The maximum absolute atomic E-state index is 14.0. The molecule has 17 rings (SSSR count). The second-order valence-electron chi connectivity index (χ2n) is 21.9. The van der Waals surface area contributed by atoms with Gasteiger partial charge in [-0.3, -0.25) is 0 Å². The highest BCUT2D eigenvalue weighted by molar-refractivity contribution is 5.92. The van der Waals surface area contributed by atoms with Crippen molar-refractivity contribution in [3.8, 4) is 68.2 Å². The minimum atomic E-state index is -1.04. The number of rotatable bonds is 30. The molecule has 13 heteroatoms. The molecular formula is C75H90O13. The molecule has 10 bridgehead atoms. The van der Waals surface area contributed by atoms with Crippen molar-refractivity contribution in [1.29, 1.82) is 0 Å². The molecule has 0 heterocycles. The van der Waals surface area contributed by atoms with Crippen molar-refractivity contribution in [1.82, 2.24) is 0 Å². The number of carboxylic acids is 1. The van der Waals surface area contributed by atoms with Crippen LogP contribution in [0.25, 0.3) is 22.3 Å². The summed E-state index contributed by atoms with van der Waals surface area (Å²) in [6.45, 7) is 19.8. The number of carbonyl (C=O) groups excluding carboxylic acids is 1. The fourth-order valence-corrected chi connectivity index (χ4v) is 11.7. The van der Waals surface area contributed by atoms with Crippen LogP contribution < -0.4 is 37.9 Å². The second kappa shape index (κ2) is 33.3. The molecular weight excluding hydrogens is 1110 g/mol. The lowest BCUT2D eigenvalue weighted by molar-refractivity contribution is 0.0497. The first-order valence-electron chi connectivity index (χ1n) is 32.0. The average Bonchev–Trinajstić information content (AvgIpc) is 1.19. The summed E-state index contributed by atoms with van der Waals surface area (Å²) in [7, 11) is 0. The summed E-state index contributed by atoms with van der Waals surface area (Å²) in [6, 6.07) is 35.7. The number of aromatic carboxylic acids is 1. The maximum atomic E-state index is 14.0. The standard InChI is InChI=1S/C75H90O13/c1-9-80-66-44-58-37-60-46-72(86-15-7)62(48-70(60)84-13-5)39-63-49-71(85-14-6)61(47-73(63)87-16-8)38-59-45-67(81-10-2)57(43-69(59)83-12-4)36-55-40-64(50-27-25-29-52(33-50)74(77)78)54(35-56(66)42-68(58)82-11-3)41-65(55)51-28-26-30-53(34-51)75(79)88-32-24-22-20-18-17-19-21-23-31-76/h25-30,33-34,40-49,76H,9-24,31-32,35-39H2,1-8H3,(H,77,78). The number of aliphatic hydroxyl groups is 1.